The number of nitrogens with zero attached hydrogens (tertiary/aromatic N) is 4. The fourth-order valence-electron chi connectivity index (χ4n) is 5.96. The summed E-state index contributed by atoms with van der Waals surface area (Å²) in [6, 6.07) is 10.8. The summed E-state index contributed by atoms with van der Waals surface area (Å²) in [6.07, 6.45) is 1.74. The molecule has 2 aliphatic carbocycles. The molecule has 264 valence electrons. The van der Waals surface area contributed by atoms with Crippen molar-refractivity contribution in [3.8, 4) is 24.3 Å². The average molecular weight is 748 g/mol. The Morgan fingerprint density at radius 1 is 0.407 bits per heavy atom. The Bertz CT molecular complexity index is 2530. The summed E-state index contributed by atoms with van der Waals surface area (Å²) >= 11 is 0. The Balaban J connectivity index is 1.83. The topological polar surface area (TPSA) is 95.2 Å². The van der Waals surface area contributed by atoms with E-state index in [2.05, 4.69) is 0 Å². The molecule has 0 aromatic heterocycles. The van der Waals surface area contributed by atoms with Gasteiger partial charge in [-0.15, -0.1) is 0 Å². The van der Waals surface area contributed by atoms with E-state index in [4.69, 9.17) is 0 Å². The first-order valence-corrected chi connectivity index (χ1v) is 14.5. The lowest BCUT2D eigenvalue weighted by atomic mass is 9.87. The van der Waals surface area contributed by atoms with Crippen molar-refractivity contribution in [3.05, 3.63) is 174 Å². The molecule has 0 heterocycles. The van der Waals surface area contributed by atoms with E-state index in [0.717, 1.165) is 36.4 Å². The Morgan fingerprint density at radius 3 is 0.963 bits per heavy atom. The van der Waals surface area contributed by atoms with Crippen molar-refractivity contribution in [2.75, 3.05) is 0 Å². The highest BCUT2D eigenvalue weighted by Crippen LogP contribution is 2.54. The van der Waals surface area contributed by atoms with Crippen LogP contribution < -0.4 is 0 Å². The van der Waals surface area contributed by atoms with Gasteiger partial charge in [0.25, 0.3) is 0 Å². The van der Waals surface area contributed by atoms with Crippen molar-refractivity contribution in [3.63, 3.8) is 0 Å². The SMILES string of the molecule is N#C/C(=C1\C(c2ccc(C#N)c(F)c2)=CC2=C1C=C(c1ccc(C#N)c(F)c1)/C2=C(\C#N)c1c(F)c(F)c(F)c(F)c1F)c1c(F)c(F)c(F)c(F)c1F. The zero-order valence-corrected chi connectivity index (χ0v) is 25.9. The van der Waals surface area contributed by atoms with Gasteiger partial charge in [0.1, 0.15) is 35.9 Å². The standard InChI is InChI=1S/C38H8F12N4/c39-23-5-13(1-3-15(23)9-51)17-7-19-20(25(17)21(11-53)27-29(41)33(45)37(49)34(46)30(27)42)8-18(14-2-4-16(10-52)24(40)6-14)26(19)22(12-54)28-31(43)35(47)38(50)36(48)32(28)44/h1-8H/b25-21-,26-22-. The van der Waals surface area contributed by atoms with Crippen LogP contribution in [0.1, 0.15) is 33.4 Å². The number of benzene rings is 4. The van der Waals surface area contributed by atoms with Crippen LogP contribution in [0.15, 0.2) is 70.8 Å². The normalized spacial score (nSPS) is 15.2. The predicted molar refractivity (Wildman–Crippen MR) is 163 cm³/mol. The van der Waals surface area contributed by atoms with Crippen LogP contribution in [-0.4, -0.2) is 0 Å². The van der Waals surface area contributed by atoms with Gasteiger partial charge in [-0.2, -0.15) is 21.0 Å². The lowest BCUT2D eigenvalue weighted by Gasteiger charge is -2.16. The van der Waals surface area contributed by atoms with E-state index in [1.165, 1.54) is 24.3 Å². The highest BCUT2D eigenvalue weighted by molar-refractivity contribution is 6.12. The molecular formula is C38H8F12N4. The number of hydrogen-bond acceptors (Lipinski definition) is 4. The molecule has 0 radical (unpaired) electrons. The van der Waals surface area contributed by atoms with Crippen LogP contribution >= 0.6 is 0 Å². The van der Waals surface area contributed by atoms with Gasteiger partial charge < -0.3 is 0 Å². The second-order valence-corrected chi connectivity index (χ2v) is 11.2. The molecule has 0 saturated carbocycles. The van der Waals surface area contributed by atoms with Crippen molar-refractivity contribution in [2.24, 2.45) is 0 Å². The molecule has 4 aromatic rings. The average Bonchev–Trinajstić information content (AvgIpc) is 3.71. The molecular weight excluding hydrogens is 740 g/mol. The second-order valence-electron chi connectivity index (χ2n) is 11.2. The fraction of sp³-hybridized carbons (Fsp3) is 0. The van der Waals surface area contributed by atoms with Gasteiger partial charge in [-0.3, -0.25) is 0 Å². The maximum atomic E-state index is 15.3. The molecule has 0 atom stereocenters. The van der Waals surface area contributed by atoms with Crippen molar-refractivity contribution in [1.82, 2.24) is 0 Å². The third-order valence-corrected chi connectivity index (χ3v) is 8.39. The van der Waals surface area contributed by atoms with Gasteiger partial charge in [-0.25, -0.2) is 52.7 Å². The first-order chi connectivity index (χ1) is 25.6. The van der Waals surface area contributed by atoms with Gasteiger partial charge in [-0.1, -0.05) is 12.1 Å². The predicted octanol–water partition coefficient (Wildman–Crippen LogP) is 9.84. The summed E-state index contributed by atoms with van der Waals surface area (Å²) in [4.78, 5) is 0. The summed E-state index contributed by atoms with van der Waals surface area (Å²) in [5.74, 6) is -27.7. The Hall–Kier alpha value is -7.30. The first kappa shape index (κ1) is 36.5. The Kier molecular flexibility index (Phi) is 9.02. The van der Waals surface area contributed by atoms with Crippen molar-refractivity contribution in [1.29, 1.82) is 21.0 Å². The molecule has 0 aliphatic heterocycles. The third-order valence-electron chi connectivity index (χ3n) is 8.39. The highest BCUT2D eigenvalue weighted by atomic mass is 19.2. The van der Waals surface area contributed by atoms with Crippen LogP contribution in [0, 0.1) is 115 Å². The highest BCUT2D eigenvalue weighted by Gasteiger charge is 2.39. The molecule has 6 rings (SSSR count). The minimum absolute atomic E-state index is 0.360. The summed E-state index contributed by atoms with van der Waals surface area (Å²) in [5, 5.41) is 39.0. The van der Waals surface area contributed by atoms with E-state index in [0.29, 0.717) is 12.1 Å². The summed E-state index contributed by atoms with van der Waals surface area (Å²) in [6.45, 7) is 0. The molecule has 0 spiro atoms. The smallest absolute Gasteiger partial charge is 0.200 e. The van der Waals surface area contributed by atoms with Crippen LogP contribution in [0.25, 0.3) is 22.3 Å². The zero-order chi connectivity index (χ0) is 39.5. The van der Waals surface area contributed by atoms with Gasteiger partial charge in [-0.05, 0) is 69.8 Å². The first-order valence-electron chi connectivity index (χ1n) is 14.5. The number of halogens is 12. The molecule has 54 heavy (non-hydrogen) atoms. The Labute approximate surface area is 294 Å². The molecule has 0 saturated heterocycles. The van der Waals surface area contributed by atoms with E-state index < -0.39 is 137 Å². The van der Waals surface area contributed by atoms with E-state index in [1.807, 2.05) is 0 Å². The van der Waals surface area contributed by atoms with Gasteiger partial charge in [0.05, 0.1) is 33.4 Å². The molecule has 0 bridgehead atoms. The molecule has 2 aliphatic rings. The van der Waals surface area contributed by atoms with Crippen molar-refractivity contribution >= 4 is 22.3 Å². The summed E-state index contributed by atoms with van der Waals surface area (Å²) in [7, 11) is 0. The number of hydrogen-bond donors (Lipinski definition) is 0. The second kappa shape index (κ2) is 13.4. The largest absolute Gasteiger partial charge is 0.206 e. The molecule has 0 N–H and O–H groups in total. The summed E-state index contributed by atoms with van der Waals surface area (Å²) < 4.78 is 177. The van der Waals surface area contributed by atoms with Crippen LogP contribution in [0.5, 0.6) is 0 Å². The van der Waals surface area contributed by atoms with E-state index in [1.54, 1.807) is 0 Å². The van der Waals surface area contributed by atoms with Gasteiger partial charge in [0.2, 0.25) is 11.6 Å². The quantitative estimate of drug-likeness (QED) is 0.0899. The monoisotopic (exact) mass is 748 g/mol. The maximum absolute atomic E-state index is 15.3. The van der Waals surface area contributed by atoms with Crippen molar-refractivity contribution < 1.29 is 52.7 Å². The minimum Gasteiger partial charge on any atom is -0.206 e. The Morgan fingerprint density at radius 2 is 0.704 bits per heavy atom. The van der Waals surface area contributed by atoms with Crippen LogP contribution in [0.2, 0.25) is 0 Å². The van der Waals surface area contributed by atoms with Crippen LogP contribution in [0.4, 0.5) is 52.7 Å². The third kappa shape index (κ3) is 5.32. The van der Waals surface area contributed by atoms with Crippen LogP contribution in [0.3, 0.4) is 0 Å². The maximum Gasteiger partial charge on any atom is 0.200 e. The zero-order valence-electron chi connectivity index (χ0n) is 25.9. The van der Waals surface area contributed by atoms with E-state index >= 15 is 17.6 Å². The van der Waals surface area contributed by atoms with Crippen LogP contribution in [-0.2, 0) is 0 Å². The lowest BCUT2D eigenvalue weighted by Crippen LogP contribution is -2.08. The molecule has 4 aromatic carbocycles. The molecule has 16 heteroatoms. The van der Waals surface area contributed by atoms with Gasteiger partial charge >= 0.3 is 0 Å². The summed E-state index contributed by atoms with van der Waals surface area (Å²) in [5.41, 5.74) is -11.8. The lowest BCUT2D eigenvalue weighted by molar-refractivity contribution is 0.376. The minimum atomic E-state index is -2.61. The number of rotatable bonds is 4. The van der Waals surface area contributed by atoms with Gasteiger partial charge in [0, 0.05) is 11.1 Å². The number of allylic oxidation sites excluding steroid dienone is 10. The van der Waals surface area contributed by atoms with Crippen molar-refractivity contribution in [2.45, 2.75) is 0 Å². The fourth-order valence-corrected chi connectivity index (χ4v) is 5.96. The molecule has 0 fully saturated rings. The van der Waals surface area contributed by atoms with E-state index in [-0.39, 0.29) is 11.1 Å². The number of nitriles is 4. The van der Waals surface area contributed by atoms with E-state index in [9.17, 15) is 56.2 Å². The molecule has 4 nitrogen and oxygen atoms in total. The molecule has 0 amide bonds. The molecule has 0 unspecified atom stereocenters. The van der Waals surface area contributed by atoms with Gasteiger partial charge in [0.15, 0.2) is 46.5 Å².